The molecular formula is C19H30O2. The standard InChI is InChI=1S/C19H30O2/c1-16-11-10-12-17(15-16)21-19-14-9-7-5-3-2-4-6-8-13-18(19)20/h10-12,15,18-20H,2-9,13-14H2,1H3. The van der Waals surface area contributed by atoms with Crippen LogP contribution in [-0.2, 0) is 0 Å². The second kappa shape index (κ2) is 9.09. The van der Waals surface area contributed by atoms with Crippen LogP contribution in [0.2, 0.25) is 0 Å². The van der Waals surface area contributed by atoms with Crippen LogP contribution in [-0.4, -0.2) is 17.3 Å². The third kappa shape index (κ3) is 6.09. The summed E-state index contributed by atoms with van der Waals surface area (Å²) in [5.41, 5.74) is 1.20. The van der Waals surface area contributed by atoms with Crippen molar-refractivity contribution in [3.8, 4) is 5.75 Å². The summed E-state index contributed by atoms with van der Waals surface area (Å²) in [5.74, 6) is 0.895. The van der Waals surface area contributed by atoms with Gasteiger partial charge in [0.2, 0.25) is 0 Å². The second-order valence-electron chi connectivity index (χ2n) is 6.45. The molecule has 2 heteroatoms. The van der Waals surface area contributed by atoms with Gasteiger partial charge in [0.05, 0.1) is 6.10 Å². The monoisotopic (exact) mass is 290 g/mol. The van der Waals surface area contributed by atoms with Gasteiger partial charge in [-0.2, -0.15) is 0 Å². The van der Waals surface area contributed by atoms with Crippen LogP contribution >= 0.6 is 0 Å². The van der Waals surface area contributed by atoms with Crippen molar-refractivity contribution in [3.05, 3.63) is 29.8 Å². The zero-order valence-electron chi connectivity index (χ0n) is 13.4. The molecule has 1 aromatic carbocycles. The third-order valence-corrected chi connectivity index (χ3v) is 4.44. The summed E-state index contributed by atoms with van der Waals surface area (Å²) in [7, 11) is 0. The summed E-state index contributed by atoms with van der Waals surface area (Å²) < 4.78 is 6.10. The minimum Gasteiger partial charge on any atom is -0.488 e. The Balaban J connectivity index is 1.94. The minimum absolute atomic E-state index is 0.0498. The summed E-state index contributed by atoms with van der Waals surface area (Å²) in [5, 5.41) is 10.5. The molecule has 2 rings (SSSR count). The van der Waals surface area contributed by atoms with E-state index in [-0.39, 0.29) is 12.2 Å². The van der Waals surface area contributed by atoms with Crippen molar-refractivity contribution in [3.63, 3.8) is 0 Å². The van der Waals surface area contributed by atoms with Crippen LogP contribution in [0.4, 0.5) is 0 Å². The molecule has 1 fully saturated rings. The van der Waals surface area contributed by atoms with Gasteiger partial charge in [0.25, 0.3) is 0 Å². The number of aryl methyl sites for hydroxylation is 1. The van der Waals surface area contributed by atoms with E-state index in [1.165, 1.54) is 44.1 Å². The zero-order valence-corrected chi connectivity index (χ0v) is 13.4. The molecule has 0 bridgehead atoms. The highest BCUT2D eigenvalue weighted by atomic mass is 16.5. The molecule has 0 saturated heterocycles. The largest absolute Gasteiger partial charge is 0.488 e. The van der Waals surface area contributed by atoms with Gasteiger partial charge in [-0.1, -0.05) is 57.1 Å². The Labute approximate surface area is 129 Å². The molecule has 21 heavy (non-hydrogen) atoms. The minimum atomic E-state index is -0.329. The normalized spacial score (nSPS) is 25.6. The Kier molecular flexibility index (Phi) is 7.08. The lowest BCUT2D eigenvalue weighted by Gasteiger charge is -2.25. The van der Waals surface area contributed by atoms with Crippen molar-refractivity contribution in [2.45, 2.75) is 83.3 Å². The van der Waals surface area contributed by atoms with E-state index >= 15 is 0 Å². The highest BCUT2D eigenvalue weighted by Gasteiger charge is 2.20. The molecule has 0 radical (unpaired) electrons. The molecule has 0 amide bonds. The van der Waals surface area contributed by atoms with Crippen molar-refractivity contribution < 1.29 is 9.84 Å². The molecule has 1 saturated carbocycles. The number of rotatable bonds is 2. The van der Waals surface area contributed by atoms with Gasteiger partial charge in [0.1, 0.15) is 11.9 Å². The zero-order chi connectivity index (χ0) is 14.9. The lowest BCUT2D eigenvalue weighted by atomic mass is 9.97. The number of ether oxygens (including phenoxy) is 1. The average Bonchev–Trinajstić information content (AvgIpc) is 2.46. The Morgan fingerprint density at radius 2 is 1.52 bits per heavy atom. The maximum atomic E-state index is 10.5. The molecule has 1 N–H and O–H groups in total. The smallest absolute Gasteiger partial charge is 0.124 e. The third-order valence-electron chi connectivity index (χ3n) is 4.44. The van der Waals surface area contributed by atoms with E-state index < -0.39 is 0 Å². The Morgan fingerprint density at radius 3 is 2.19 bits per heavy atom. The number of hydrogen-bond acceptors (Lipinski definition) is 2. The first-order chi connectivity index (χ1) is 10.3. The van der Waals surface area contributed by atoms with Crippen molar-refractivity contribution in [1.82, 2.24) is 0 Å². The van der Waals surface area contributed by atoms with Gasteiger partial charge in [0, 0.05) is 0 Å². The Morgan fingerprint density at radius 1 is 0.905 bits per heavy atom. The molecule has 2 nitrogen and oxygen atoms in total. The highest BCUT2D eigenvalue weighted by molar-refractivity contribution is 5.27. The van der Waals surface area contributed by atoms with E-state index in [4.69, 9.17) is 4.74 Å². The predicted molar refractivity (Wildman–Crippen MR) is 87.8 cm³/mol. The first-order valence-corrected chi connectivity index (χ1v) is 8.67. The molecule has 0 aliphatic heterocycles. The summed E-state index contributed by atoms with van der Waals surface area (Å²) in [6.45, 7) is 2.07. The molecule has 1 aliphatic carbocycles. The number of aliphatic hydroxyl groups excluding tert-OH is 1. The molecule has 0 aromatic heterocycles. The molecule has 0 heterocycles. The van der Waals surface area contributed by atoms with E-state index in [0.29, 0.717) is 0 Å². The fraction of sp³-hybridized carbons (Fsp3) is 0.684. The van der Waals surface area contributed by atoms with Crippen LogP contribution in [0.1, 0.15) is 69.8 Å². The molecular weight excluding hydrogens is 260 g/mol. The second-order valence-corrected chi connectivity index (χ2v) is 6.45. The summed E-state index contributed by atoms with van der Waals surface area (Å²) in [4.78, 5) is 0. The van der Waals surface area contributed by atoms with Crippen molar-refractivity contribution in [2.75, 3.05) is 0 Å². The van der Waals surface area contributed by atoms with E-state index in [9.17, 15) is 5.11 Å². The molecule has 118 valence electrons. The van der Waals surface area contributed by atoms with Crippen LogP contribution in [0.25, 0.3) is 0 Å². The molecule has 2 atom stereocenters. The number of hydrogen-bond donors (Lipinski definition) is 1. The summed E-state index contributed by atoms with van der Waals surface area (Å²) >= 11 is 0. The number of benzene rings is 1. The van der Waals surface area contributed by atoms with Crippen LogP contribution in [0.3, 0.4) is 0 Å². The first-order valence-electron chi connectivity index (χ1n) is 8.67. The quantitative estimate of drug-likeness (QED) is 0.829. The van der Waals surface area contributed by atoms with Gasteiger partial charge < -0.3 is 9.84 Å². The average molecular weight is 290 g/mol. The van der Waals surface area contributed by atoms with Gasteiger partial charge >= 0.3 is 0 Å². The van der Waals surface area contributed by atoms with Gasteiger partial charge in [-0.05, 0) is 43.9 Å². The van der Waals surface area contributed by atoms with Crippen molar-refractivity contribution >= 4 is 0 Å². The van der Waals surface area contributed by atoms with Gasteiger partial charge in [-0.15, -0.1) is 0 Å². The van der Waals surface area contributed by atoms with E-state index in [1.807, 2.05) is 12.1 Å². The molecule has 2 unspecified atom stereocenters. The maximum Gasteiger partial charge on any atom is 0.124 e. The maximum absolute atomic E-state index is 10.5. The fourth-order valence-corrected chi connectivity index (χ4v) is 3.14. The molecule has 1 aromatic rings. The van der Waals surface area contributed by atoms with Crippen LogP contribution in [0.15, 0.2) is 24.3 Å². The Bertz CT molecular complexity index is 402. The van der Waals surface area contributed by atoms with E-state index in [0.717, 1.165) is 31.4 Å². The van der Waals surface area contributed by atoms with E-state index in [2.05, 4.69) is 19.1 Å². The van der Waals surface area contributed by atoms with Crippen LogP contribution < -0.4 is 4.74 Å². The van der Waals surface area contributed by atoms with Crippen LogP contribution in [0, 0.1) is 6.92 Å². The Hall–Kier alpha value is -1.02. The van der Waals surface area contributed by atoms with Gasteiger partial charge in [-0.3, -0.25) is 0 Å². The number of aliphatic hydroxyl groups is 1. The lowest BCUT2D eigenvalue weighted by molar-refractivity contribution is 0.0227. The molecule has 1 aliphatic rings. The highest BCUT2D eigenvalue weighted by Crippen LogP contribution is 2.22. The topological polar surface area (TPSA) is 29.5 Å². The lowest BCUT2D eigenvalue weighted by Crippen LogP contribution is -2.32. The van der Waals surface area contributed by atoms with Crippen molar-refractivity contribution in [1.29, 1.82) is 0 Å². The molecule has 0 spiro atoms. The fourth-order valence-electron chi connectivity index (χ4n) is 3.14. The summed E-state index contributed by atoms with van der Waals surface area (Å²) in [6.07, 6.45) is 11.6. The van der Waals surface area contributed by atoms with Gasteiger partial charge in [0.15, 0.2) is 0 Å². The van der Waals surface area contributed by atoms with Gasteiger partial charge in [-0.25, -0.2) is 0 Å². The van der Waals surface area contributed by atoms with E-state index in [1.54, 1.807) is 0 Å². The summed E-state index contributed by atoms with van der Waals surface area (Å²) in [6, 6.07) is 8.15. The van der Waals surface area contributed by atoms with Crippen LogP contribution in [0.5, 0.6) is 5.75 Å². The predicted octanol–water partition coefficient (Wildman–Crippen LogP) is 5.02. The van der Waals surface area contributed by atoms with Crippen molar-refractivity contribution in [2.24, 2.45) is 0 Å². The SMILES string of the molecule is Cc1cccc(OC2CCCCCCCCCCC2O)c1. The first kappa shape index (κ1) is 16.4.